The summed E-state index contributed by atoms with van der Waals surface area (Å²) >= 11 is 0. The van der Waals surface area contributed by atoms with Gasteiger partial charge in [0.15, 0.2) is 0 Å². The summed E-state index contributed by atoms with van der Waals surface area (Å²) in [5.41, 5.74) is 16.6. The molecule has 42 heavy (non-hydrogen) atoms. The monoisotopic (exact) mass is 580 g/mol. The molecule has 0 aliphatic carbocycles. The van der Waals surface area contributed by atoms with Crippen molar-refractivity contribution in [2.24, 2.45) is 11.5 Å². The number of hydrogen-bond acceptors (Lipinski definition) is 2. The van der Waals surface area contributed by atoms with E-state index in [9.17, 15) is 0 Å². The maximum atomic E-state index is 7.20. The van der Waals surface area contributed by atoms with Crippen LogP contribution in [-0.2, 0) is 0 Å². The van der Waals surface area contributed by atoms with E-state index < -0.39 is 15.8 Å². The molecule has 0 bridgehead atoms. The van der Waals surface area contributed by atoms with Crippen molar-refractivity contribution in [2.75, 3.05) is 0 Å². The third-order valence-corrected chi connectivity index (χ3v) is 12.6. The van der Waals surface area contributed by atoms with Gasteiger partial charge in [-0.25, -0.2) is 0 Å². The number of hydrogen-bond donors (Lipinski definition) is 2. The molecule has 0 unspecified atom stereocenters. The Balaban J connectivity index is 1.45. The molecule has 0 aliphatic heterocycles. The molecule has 0 aromatic heterocycles. The van der Waals surface area contributed by atoms with Gasteiger partial charge < -0.3 is 11.5 Å². The Bertz CT molecular complexity index is 1500. The molecule has 0 spiro atoms. The van der Waals surface area contributed by atoms with E-state index in [4.69, 9.17) is 11.5 Å². The molecule has 6 aromatic rings. The molecule has 0 radical (unpaired) electrons. The highest BCUT2D eigenvalue weighted by Crippen LogP contribution is 2.39. The van der Waals surface area contributed by atoms with E-state index in [1.54, 1.807) is 0 Å². The lowest BCUT2D eigenvalue weighted by molar-refractivity contribution is 0.579. The maximum absolute atomic E-state index is 7.20. The van der Waals surface area contributed by atoms with E-state index in [1.165, 1.54) is 31.8 Å². The van der Waals surface area contributed by atoms with Gasteiger partial charge in [-0.2, -0.15) is 0 Å². The first-order valence-electron chi connectivity index (χ1n) is 14.2. The van der Waals surface area contributed by atoms with Crippen molar-refractivity contribution in [1.29, 1.82) is 0 Å². The van der Waals surface area contributed by atoms with E-state index in [2.05, 4.69) is 170 Å². The number of nitrogens with two attached hydrogens (primary N) is 2. The molecular formula is C38H34N2P2. The van der Waals surface area contributed by atoms with Crippen LogP contribution in [0.25, 0.3) is 0 Å². The van der Waals surface area contributed by atoms with Crippen molar-refractivity contribution in [3.05, 3.63) is 181 Å². The lowest BCUT2D eigenvalue weighted by Crippen LogP contribution is -2.35. The summed E-state index contributed by atoms with van der Waals surface area (Å²) in [6, 6.07) is 59.5. The molecule has 4 N–H and O–H groups in total. The van der Waals surface area contributed by atoms with Crippen LogP contribution >= 0.6 is 15.8 Å². The minimum absolute atomic E-state index is 0.386. The van der Waals surface area contributed by atoms with E-state index >= 15 is 0 Å². The third-order valence-electron chi connectivity index (χ3n) is 7.52. The molecule has 4 heteroatoms. The van der Waals surface area contributed by atoms with Crippen molar-refractivity contribution in [3.8, 4) is 0 Å². The average molecular weight is 581 g/mol. The quantitative estimate of drug-likeness (QED) is 0.209. The summed E-state index contributed by atoms with van der Waals surface area (Å²) in [4.78, 5) is 0. The SMILES string of the molecule is N[C@@H](c1ccccc1P(c1ccccc1)c1ccccc1)[C@@H](N)c1ccccc1P(c1ccccc1)c1ccccc1. The second-order valence-corrected chi connectivity index (χ2v) is 14.6. The predicted octanol–water partition coefficient (Wildman–Crippen LogP) is 5.90. The highest BCUT2D eigenvalue weighted by atomic mass is 31.1. The molecule has 2 atom stereocenters. The molecule has 0 fully saturated rings. The fourth-order valence-electron chi connectivity index (χ4n) is 5.50. The fraction of sp³-hybridized carbons (Fsp3) is 0.0526. The summed E-state index contributed by atoms with van der Waals surface area (Å²) in [7, 11) is -1.63. The van der Waals surface area contributed by atoms with Crippen molar-refractivity contribution in [1.82, 2.24) is 0 Å². The van der Waals surface area contributed by atoms with Crippen LogP contribution in [0.5, 0.6) is 0 Å². The van der Waals surface area contributed by atoms with Crippen molar-refractivity contribution in [2.45, 2.75) is 12.1 Å². The molecule has 6 rings (SSSR count). The second kappa shape index (κ2) is 13.4. The van der Waals surface area contributed by atoms with Gasteiger partial charge in [-0.1, -0.05) is 170 Å². The van der Waals surface area contributed by atoms with Gasteiger partial charge in [-0.05, 0) is 58.8 Å². The molecule has 0 heterocycles. The first-order valence-corrected chi connectivity index (χ1v) is 16.9. The average Bonchev–Trinajstić information content (AvgIpc) is 3.07. The Morgan fingerprint density at radius 2 is 0.548 bits per heavy atom. The predicted molar refractivity (Wildman–Crippen MR) is 184 cm³/mol. The summed E-state index contributed by atoms with van der Waals surface area (Å²) in [6.45, 7) is 0. The minimum atomic E-state index is -0.817. The van der Waals surface area contributed by atoms with Crippen molar-refractivity contribution < 1.29 is 0 Å². The normalized spacial score (nSPS) is 12.8. The molecule has 6 aromatic carbocycles. The Morgan fingerprint density at radius 3 is 0.833 bits per heavy atom. The van der Waals surface area contributed by atoms with Gasteiger partial charge in [-0.15, -0.1) is 0 Å². The van der Waals surface area contributed by atoms with Gasteiger partial charge in [-0.3, -0.25) is 0 Å². The van der Waals surface area contributed by atoms with Gasteiger partial charge >= 0.3 is 0 Å². The summed E-state index contributed by atoms with van der Waals surface area (Å²) < 4.78 is 0. The maximum Gasteiger partial charge on any atom is 0.0497 e. The molecule has 2 nitrogen and oxygen atoms in total. The Morgan fingerprint density at radius 1 is 0.310 bits per heavy atom. The van der Waals surface area contributed by atoms with Gasteiger partial charge in [0.2, 0.25) is 0 Å². The van der Waals surface area contributed by atoms with Crippen LogP contribution in [0, 0.1) is 0 Å². The zero-order chi connectivity index (χ0) is 28.7. The van der Waals surface area contributed by atoms with Gasteiger partial charge in [0.25, 0.3) is 0 Å². The standard InChI is InChI=1S/C38H34N2P2/c39-37(33-25-13-15-27-35(33)41(29-17-5-1-6-18-29)30-19-7-2-8-20-30)38(40)34-26-14-16-28-36(34)42(31-21-9-3-10-22-31)32-23-11-4-12-24-32/h1-28,37-38H,39-40H2/t37-,38-/m0/s1. The van der Waals surface area contributed by atoms with Crippen LogP contribution in [0.3, 0.4) is 0 Å². The lowest BCUT2D eigenvalue weighted by atomic mass is 9.95. The second-order valence-electron chi connectivity index (χ2n) is 10.2. The highest BCUT2D eigenvalue weighted by Gasteiger charge is 2.28. The van der Waals surface area contributed by atoms with E-state index in [1.807, 2.05) is 0 Å². The van der Waals surface area contributed by atoms with Gasteiger partial charge in [0, 0.05) is 12.1 Å². The van der Waals surface area contributed by atoms with Crippen LogP contribution in [0.1, 0.15) is 23.2 Å². The molecule has 0 saturated heterocycles. The molecule has 206 valence electrons. The van der Waals surface area contributed by atoms with Crippen LogP contribution in [0.4, 0.5) is 0 Å². The largest absolute Gasteiger partial charge is 0.322 e. The van der Waals surface area contributed by atoms with E-state index in [0.29, 0.717) is 0 Å². The topological polar surface area (TPSA) is 52.0 Å². The number of benzene rings is 6. The van der Waals surface area contributed by atoms with E-state index in [-0.39, 0.29) is 12.1 Å². The van der Waals surface area contributed by atoms with Crippen LogP contribution in [0.15, 0.2) is 170 Å². The van der Waals surface area contributed by atoms with Gasteiger partial charge in [0.1, 0.15) is 0 Å². The molecule has 0 saturated carbocycles. The van der Waals surface area contributed by atoms with Crippen LogP contribution in [0.2, 0.25) is 0 Å². The zero-order valence-corrected chi connectivity index (χ0v) is 25.2. The van der Waals surface area contributed by atoms with Crippen molar-refractivity contribution in [3.63, 3.8) is 0 Å². The third kappa shape index (κ3) is 6.00. The number of rotatable bonds is 9. The Hall–Kier alpha value is -3.90. The Labute approximate surface area is 251 Å². The first-order chi connectivity index (χ1) is 20.7. The first kappa shape index (κ1) is 28.2. The van der Waals surface area contributed by atoms with Crippen LogP contribution < -0.4 is 43.3 Å². The molecular weight excluding hydrogens is 546 g/mol. The summed E-state index contributed by atoms with van der Waals surface area (Å²) in [5.74, 6) is 0. The van der Waals surface area contributed by atoms with Crippen molar-refractivity contribution >= 4 is 47.7 Å². The lowest BCUT2D eigenvalue weighted by Gasteiger charge is -2.30. The smallest absolute Gasteiger partial charge is 0.0497 e. The summed E-state index contributed by atoms with van der Waals surface area (Å²) in [6.07, 6.45) is 0. The minimum Gasteiger partial charge on any atom is -0.322 e. The molecule has 0 aliphatic rings. The molecule has 0 amide bonds. The van der Waals surface area contributed by atoms with E-state index in [0.717, 1.165) is 11.1 Å². The summed E-state index contributed by atoms with van der Waals surface area (Å²) in [5, 5.41) is 7.68. The fourth-order valence-corrected chi connectivity index (χ4v) is 10.5. The van der Waals surface area contributed by atoms with Gasteiger partial charge in [0.05, 0.1) is 0 Å². The zero-order valence-electron chi connectivity index (χ0n) is 23.4. The van der Waals surface area contributed by atoms with Crippen LogP contribution in [-0.4, -0.2) is 0 Å². The highest BCUT2D eigenvalue weighted by molar-refractivity contribution is 7.80. The Kier molecular flexibility index (Phi) is 9.00.